The summed E-state index contributed by atoms with van der Waals surface area (Å²) in [5.41, 5.74) is 8.69. The molecule has 3 rings (SSSR count). The van der Waals surface area contributed by atoms with E-state index in [1.165, 1.54) is 0 Å². The van der Waals surface area contributed by atoms with Crippen LogP contribution in [0.5, 0.6) is 0 Å². The second-order valence-corrected chi connectivity index (χ2v) is 3.81. The number of rotatable bonds is 2. The van der Waals surface area contributed by atoms with Crippen molar-refractivity contribution in [2.45, 2.75) is 0 Å². The van der Waals surface area contributed by atoms with Gasteiger partial charge in [0.05, 0.1) is 12.7 Å². The van der Waals surface area contributed by atoms with E-state index in [1.54, 1.807) is 6.20 Å². The molecule has 86 valence electrons. The van der Waals surface area contributed by atoms with Crippen molar-refractivity contribution in [3.63, 3.8) is 0 Å². The lowest BCUT2D eigenvalue weighted by Crippen LogP contribution is -2.00. The van der Waals surface area contributed by atoms with E-state index >= 15 is 0 Å². The van der Waals surface area contributed by atoms with Gasteiger partial charge >= 0.3 is 0 Å². The number of hydrogen-bond acceptors (Lipinski definition) is 4. The Morgan fingerprint density at radius 2 is 1.94 bits per heavy atom. The minimum absolute atomic E-state index is 0.576. The topological polar surface area (TPSA) is 76.3 Å². The Morgan fingerprint density at radius 3 is 2.53 bits per heavy atom. The molecule has 0 radical (unpaired) electrons. The van der Waals surface area contributed by atoms with Gasteiger partial charge in [0.1, 0.15) is 12.4 Å². The predicted molar refractivity (Wildman–Crippen MR) is 65.8 cm³/mol. The van der Waals surface area contributed by atoms with E-state index in [4.69, 9.17) is 10.5 Å². The van der Waals surface area contributed by atoms with Crippen molar-refractivity contribution in [1.82, 2.24) is 10.2 Å². The number of nitrogens with two attached hydrogens (primary N) is 1. The lowest BCUT2D eigenvalue weighted by atomic mass is 10.1. The van der Waals surface area contributed by atoms with Gasteiger partial charge in [0, 0.05) is 11.1 Å². The molecule has 1 aromatic heterocycles. The number of anilines is 1. The zero-order chi connectivity index (χ0) is 11.7. The van der Waals surface area contributed by atoms with Crippen molar-refractivity contribution in [1.29, 1.82) is 0 Å². The molecule has 0 atom stereocenters. The van der Waals surface area contributed by atoms with Crippen molar-refractivity contribution in [3.8, 4) is 11.1 Å². The van der Waals surface area contributed by atoms with Crippen LogP contribution in [0.4, 0.5) is 5.82 Å². The van der Waals surface area contributed by atoms with Crippen LogP contribution in [0.25, 0.3) is 11.1 Å². The van der Waals surface area contributed by atoms with E-state index in [9.17, 15) is 0 Å². The third-order valence-electron chi connectivity index (χ3n) is 2.70. The fourth-order valence-corrected chi connectivity index (χ4v) is 1.83. The molecular formula is C12H12N4O. The van der Waals surface area contributed by atoms with E-state index in [1.807, 2.05) is 24.3 Å². The second-order valence-electron chi connectivity index (χ2n) is 3.81. The van der Waals surface area contributed by atoms with Gasteiger partial charge in [0.25, 0.3) is 0 Å². The van der Waals surface area contributed by atoms with Crippen molar-refractivity contribution in [2.24, 2.45) is 4.99 Å². The van der Waals surface area contributed by atoms with Gasteiger partial charge in [-0.25, -0.2) is 4.99 Å². The summed E-state index contributed by atoms with van der Waals surface area (Å²) >= 11 is 0. The van der Waals surface area contributed by atoms with Crippen LogP contribution in [0, 0.1) is 0 Å². The third-order valence-corrected chi connectivity index (χ3v) is 2.70. The van der Waals surface area contributed by atoms with E-state index < -0.39 is 0 Å². The molecule has 0 aliphatic carbocycles. The number of aromatic amines is 1. The minimum Gasteiger partial charge on any atom is -0.476 e. The average Bonchev–Trinajstić information content (AvgIpc) is 3.00. The van der Waals surface area contributed by atoms with Crippen molar-refractivity contribution < 1.29 is 4.74 Å². The lowest BCUT2D eigenvalue weighted by molar-refractivity contribution is 0.348. The Hall–Kier alpha value is -2.30. The maximum absolute atomic E-state index is 5.77. The van der Waals surface area contributed by atoms with Gasteiger partial charge in [0.15, 0.2) is 0 Å². The maximum atomic E-state index is 5.77. The maximum Gasteiger partial charge on any atom is 0.216 e. The van der Waals surface area contributed by atoms with Crippen LogP contribution in [-0.4, -0.2) is 29.2 Å². The molecule has 5 nitrogen and oxygen atoms in total. The summed E-state index contributed by atoms with van der Waals surface area (Å²) in [7, 11) is 0. The summed E-state index contributed by atoms with van der Waals surface area (Å²) in [4.78, 5) is 4.27. The molecule has 0 saturated heterocycles. The predicted octanol–water partition coefficient (Wildman–Crippen LogP) is 1.44. The molecule has 1 aliphatic rings. The molecule has 2 heterocycles. The molecule has 0 saturated carbocycles. The second kappa shape index (κ2) is 3.93. The van der Waals surface area contributed by atoms with Crippen LogP contribution >= 0.6 is 0 Å². The first-order valence-corrected chi connectivity index (χ1v) is 5.41. The summed E-state index contributed by atoms with van der Waals surface area (Å²) in [6.45, 7) is 1.41. The highest BCUT2D eigenvalue weighted by Gasteiger charge is 2.10. The number of H-pyrrole nitrogens is 1. The highest BCUT2D eigenvalue weighted by molar-refractivity contribution is 5.95. The van der Waals surface area contributed by atoms with Crippen molar-refractivity contribution in [3.05, 3.63) is 36.0 Å². The number of benzene rings is 1. The molecule has 0 unspecified atom stereocenters. The van der Waals surface area contributed by atoms with E-state index in [2.05, 4.69) is 15.2 Å². The molecule has 0 spiro atoms. The Kier molecular flexibility index (Phi) is 2.29. The van der Waals surface area contributed by atoms with Crippen molar-refractivity contribution in [2.75, 3.05) is 18.9 Å². The molecule has 17 heavy (non-hydrogen) atoms. The number of aromatic nitrogens is 2. The van der Waals surface area contributed by atoms with E-state index in [0.29, 0.717) is 12.4 Å². The molecule has 5 heteroatoms. The Balaban J connectivity index is 1.93. The largest absolute Gasteiger partial charge is 0.476 e. The zero-order valence-corrected chi connectivity index (χ0v) is 9.18. The average molecular weight is 228 g/mol. The molecule has 2 aromatic rings. The number of hydrogen-bond donors (Lipinski definition) is 2. The quantitative estimate of drug-likeness (QED) is 0.816. The first-order chi connectivity index (χ1) is 8.34. The lowest BCUT2D eigenvalue weighted by Gasteiger charge is -2.03. The Morgan fingerprint density at radius 1 is 1.18 bits per heavy atom. The first-order valence-electron chi connectivity index (χ1n) is 5.41. The monoisotopic (exact) mass is 228 g/mol. The Bertz CT molecular complexity index is 556. The van der Waals surface area contributed by atoms with Crippen LogP contribution in [0.2, 0.25) is 0 Å². The van der Waals surface area contributed by atoms with Crippen LogP contribution < -0.4 is 5.73 Å². The normalized spacial score (nSPS) is 14.5. The first kappa shape index (κ1) is 9.89. The summed E-state index contributed by atoms with van der Waals surface area (Å²) in [5, 5.41) is 6.62. The standard InChI is InChI=1S/C12H12N4O/c13-11-10(7-15-16-11)8-1-3-9(4-2-8)12-14-5-6-17-12/h1-4,7H,5-6H2,(H3,13,15,16). The van der Waals surface area contributed by atoms with Gasteiger partial charge in [-0.1, -0.05) is 12.1 Å². The minimum atomic E-state index is 0.576. The molecule has 1 aliphatic heterocycles. The van der Waals surface area contributed by atoms with Gasteiger partial charge in [-0.2, -0.15) is 5.10 Å². The van der Waals surface area contributed by atoms with Gasteiger partial charge in [-0.15, -0.1) is 0 Å². The molecule has 0 bridgehead atoms. The number of nitrogens with one attached hydrogen (secondary N) is 1. The number of nitrogen functional groups attached to an aromatic ring is 1. The van der Waals surface area contributed by atoms with Crippen LogP contribution in [0.15, 0.2) is 35.5 Å². The molecule has 1 aromatic carbocycles. The van der Waals surface area contributed by atoms with E-state index in [-0.39, 0.29) is 0 Å². The van der Waals surface area contributed by atoms with Gasteiger partial charge in [-0.3, -0.25) is 5.10 Å². The molecule has 0 fully saturated rings. The molecular weight excluding hydrogens is 216 g/mol. The summed E-state index contributed by atoms with van der Waals surface area (Å²) < 4.78 is 5.40. The Labute approximate surface area is 98.3 Å². The van der Waals surface area contributed by atoms with Crippen LogP contribution in [-0.2, 0) is 4.74 Å². The fourth-order valence-electron chi connectivity index (χ4n) is 1.83. The van der Waals surface area contributed by atoms with Crippen LogP contribution in [0.1, 0.15) is 5.56 Å². The fraction of sp³-hybridized carbons (Fsp3) is 0.167. The number of ether oxygens (including phenoxy) is 1. The number of nitrogens with zero attached hydrogens (tertiary/aromatic N) is 2. The zero-order valence-electron chi connectivity index (χ0n) is 9.18. The summed E-state index contributed by atoms with van der Waals surface area (Å²) in [6, 6.07) is 7.93. The molecule has 3 N–H and O–H groups in total. The summed E-state index contributed by atoms with van der Waals surface area (Å²) in [6.07, 6.45) is 1.72. The highest BCUT2D eigenvalue weighted by Crippen LogP contribution is 2.24. The molecule has 0 amide bonds. The van der Waals surface area contributed by atoms with Crippen LogP contribution in [0.3, 0.4) is 0 Å². The SMILES string of the molecule is Nc1[nH]ncc1-c1ccc(C2=NCCO2)cc1. The van der Waals surface area contributed by atoms with Gasteiger partial charge < -0.3 is 10.5 Å². The van der Waals surface area contributed by atoms with Gasteiger partial charge in [-0.05, 0) is 17.7 Å². The van der Waals surface area contributed by atoms with E-state index in [0.717, 1.165) is 29.1 Å². The van der Waals surface area contributed by atoms with Crippen molar-refractivity contribution >= 4 is 11.7 Å². The van der Waals surface area contributed by atoms with Gasteiger partial charge in [0.2, 0.25) is 5.90 Å². The number of aliphatic imine (C=N–C) groups is 1. The third kappa shape index (κ3) is 1.75. The highest BCUT2D eigenvalue weighted by atomic mass is 16.5. The summed E-state index contributed by atoms with van der Waals surface area (Å²) in [5.74, 6) is 1.30. The smallest absolute Gasteiger partial charge is 0.216 e.